The molecule has 2 aromatic carbocycles. The van der Waals surface area contributed by atoms with Crippen molar-refractivity contribution in [3.8, 4) is 11.5 Å². The molecule has 0 aromatic heterocycles. The van der Waals surface area contributed by atoms with E-state index in [1.54, 1.807) is 62.6 Å². The summed E-state index contributed by atoms with van der Waals surface area (Å²) in [5.74, 6) is -0.321. The number of amides is 3. The van der Waals surface area contributed by atoms with Crippen molar-refractivity contribution in [1.82, 2.24) is 4.90 Å². The molecule has 0 bridgehead atoms. The lowest BCUT2D eigenvalue weighted by Crippen LogP contribution is -2.21. The summed E-state index contributed by atoms with van der Waals surface area (Å²) in [6.45, 7) is -0.261. The summed E-state index contributed by atoms with van der Waals surface area (Å²) in [5, 5.41) is 2.72. The summed E-state index contributed by atoms with van der Waals surface area (Å²) in [5.41, 5.74) is 6.75. The maximum absolute atomic E-state index is 12.2. The maximum Gasteiger partial charge on any atom is 0.255 e. The molecule has 0 fully saturated rings. The Hall–Kier alpha value is -3.81. The molecule has 0 radical (unpaired) electrons. The molecular formula is C21H23N3O5. The standard InChI is InChI=1S/C21H23N3O5/c1-24(2)21(27)15-5-4-6-16(12-15)23-20(26)10-8-14-7-9-17(18(11-14)28-3)29-13-19(22)25/h4-12H,13H2,1-3H3,(H2,22,25)(H,23,26)/b10-8+. The summed E-state index contributed by atoms with van der Waals surface area (Å²) < 4.78 is 10.5. The summed E-state index contributed by atoms with van der Waals surface area (Å²) in [4.78, 5) is 36.5. The van der Waals surface area contributed by atoms with Gasteiger partial charge in [0.1, 0.15) is 0 Å². The zero-order chi connectivity index (χ0) is 21.4. The number of hydrogen-bond acceptors (Lipinski definition) is 5. The molecule has 29 heavy (non-hydrogen) atoms. The van der Waals surface area contributed by atoms with E-state index in [1.807, 2.05) is 0 Å². The number of hydrogen-bond donors (Lipinski definition) is 2. The fraction of sp³-hybridized carbons (Fsp3) is 0.190. The molecule has 8 heteroatoms. The van der Waals surface area contributed by atoms with Crippen molar-refractivity contribution in [2.24, 2.45) is 5.73 Å². The van der Waals surface area contributed by atoms with Crippen molar-refractivity contribution in [2.75, 3.05) is 33.1 Å². The van der Waals surface area contributed by atoms with Gasteiger partial charge in [-0.2, -0.15) is 0 Å². The largest absolute Gasteiger partial charge is 0.493 e. The number of primary amides is 1. The minimum absolute atomic E-state index is 0.151. The van der Waals surface area contributed by atoms with E-state index in [4.69, 9.17) is 15.2 Å². The van der Waals surface area contributed by atoms with Crippen LogP contribution in [0.25, 0.3) is 6.08 Å². The van der Waals surface area contributed by atoms with Crippen molar-refractivity contribution in [1.29, 1.82) is 0 Å². The van der Waals surface area contributed by atoms with Crippen LogP contribution in [0.1, 0.15) is 15.9 Å². The number of ether oxygens (including phenoxy) is 2. The topological polar surface area (TPSA) is 111 Å². The van der Waals surface area contributed by atoms with Gasteiger partial charge < -0.3 is 25.4 Å². The molecule has 3 amide bonds. The van der Waals surface area contributed by atoms with Crippen LogP contribution in [0.5, 0.6) is 11.5 Å². The first-order chi connectivity index (χ1) is 13.8. The fourth-order valence-corrected chi connectivity index (χ4v) is 2.40. The normalized spacial score (nSPS) is 10.4. The van der Waals surface area contributed by atoms with Crippen molar-refractivity contribution in [3.63, 3.8) is 0 Å². The number of benzene rings is 2. The Labute approximate surface area is 168 Å². The number of rotatable bonds is 8. The predicted molar refractivity (Wildman–Crippen MR) is 110 cm³/mol. The smallest absolute Gasteiger partial charge is 0.255 e. The van der Waals surface area contributed by atoms with Gasteiger partial charge in [0.25, 0.3) is 11.8 Å². The molecule has 0 heterocycles. The monoisotopic (exact) mass is 397 g/mol. The van der Waals surface area contributed by atoms with E-state index in [-0.39, 0.29) is 18.4 Å². The first-order valence-electron chi connectivity index (χ1n) is 8.70. The quantitative estimate of drug-likeness (QED) is 0.661. The fourth-order valence-electron chi connectivity index (χ4n) is 2.40. The van der Waals surface area contributed by atoms with E-state index in [1.165, 1.54) is 18.1 Å². The van der Waals surface area contributed by atoms with E-state index in [0.29, 0.717) is 28.3 Å². The van der Waals surface area contributed by atoms with E-state index >= 15 is 0 Å². The highest BCUT2D eigenvalue weighted by Gasteiger charge is 2.09. The first-order valence-corrected chi connectivity index (χ1v) is 8.70. The second-order valence-corrected chi connectivity index (χ2v) is 6.27. The minimum atomic E-state index is -0.593. The molecule has 0 saturated carbocycles. The Morgan fingerprint density at radius 2 is 1.86 bits per heavy atom. The highest BCUT2D eigenvalue weighted by Crippen LogP contribution is 2.28. The van der Waals surface area contributed by atoms with Crippen molar-refractivity contribution in [2.45, 2.75) is 0 Å². The zero-order valence-corrected chi connectivity index (χ0v) is 16.5. The molecule has 0 unspecified atom stereocenters. The van der Waals surface area contributed by atoms with Crippen molar-refractivity contribution < 1.29 is 23.9 Å². The third-order valence-corrected chi connectivity index (χ3v) is 3.77. The van der Waals surface area contributed by atoms with Gasteiger partial charge in [0, 0.05) is 31.4 Å². The third kappa shape index (κ3) is 6.39. The number of nitrogens with two attached hydrogens (primary N) is 1. The molecular weight excluding hydrogens is 374 g/mol. The minimum Gasteiger partial charge on any atom is -0.493 e. The van der Waals surface area contributed by atoms with E-state index in [9.17, 15) is 14.4 Å². The van der Waals surface area contributed by atoms with Gasteiger partial charge >= 0.3 is 0 Å². The van der Waals surface area contributed by atoms with Crippen molar-refractivity contribution in [3.05, 3.63) is 59.7 Å². The molecule has 2 aromatic rings. The molecule has 0 aliphatic carbocycles. The van der Waals surface area contributed by atoms with Gasteiger partial charge in [0.15, 0.2) is 18.1 Å². The number of nitrogens with one attached hydrogen (secondary N) is 1. The number of carbonyl (C=O) groups is 3. The van der Waals surface area contributed by atoms with Crippen LogP contribution < -0.4 is 20.5 Å². The molecule has 0 aliphatic heterocycles. The van der Waals surface area contributed by atoms with Crippen molar-refractivity contribution >= 4 is 29.5 Å². The molecule has 8 nitrogen and oxygen atoms in total. The van der Waals surface area contributed by atoms with E-state index in [0.717, 1.165) is 0 Å². The van der Waals surface area contributed by atoms with Gasteiger partial charge in [-0.15, -0.1) is 0 Å². The maximum atomic E-state index is 12.2. The Morgan fingerprint density at radius 1 is 1.10 bits per heavy atom. The van der Waals surface area contributed by atoms with Gasteiger partial charge in [0.2, 0.25) is 5.91 Å². The predicted octanol–water partition coefficient (Wildman–Crippen LogP) is 1.91. The summed E-state index contributed by atoms with van der Waals surface area (Å²) >= 11 is 0. The lowest BCUT2D eigenvalue weighted by molar-refractivity contribution is -0.120. The van der Waals surface area contributed by atoms with Gasteiger partial charge in [-0.05, 0) is 42.0 Å². The van der Waals surface area contributed by atoms with Gasteiger partial charge in [-0.3, -0.25) is 14.4 Å². The number of carbonyl (C=O) groups excluding carboxylic acids is 3. The number of nitrogens with zero attached hydrogens (tertiary/aromatic N) is 1. The highest BCUT2D eigenvalue weighted by atomic mass is 16.5. The summed E-state index contributed by atoms with van der Waals surface area (Å²) in [7, 11) is 4.79. The average molecular weight is 397 g/mol. The second-order valence-electron chi connectivity index (χ2n) is 6.27. The Bertz CT molecular complexity index is 938. The SMILES string of the molecule is COc1cc(/C=C/C(=O)Nc2cccc(C(=O)N(C)C)c2)ccc1OCC(N)=O. The van der Waals surface area contributed by atoms with Gasteiger partial charge in [-0.25, -0.2) is 0 Å². The van der Waals surface area contributed by atoms with Crippen LogP contribution in [0.3, 0.4) is 0 Å². The number of anilines is 1. The molecule has 152 valence electrons. The van der Waals surface area contributed by atoms with Crippen LogP contribution in [0.15, 0.2) is 48.5 Å². The summed E-state index contributed by atoms with van der Waals surface area (Å²) in [6.07, 6.45) is 2.96. The van der Waals surface area contributed by atoms with E-state index < -0.39 is 5.91 Å². The van der Waals surface area contributed by atoms with Gasteiger partial charge in [-0.1, -0.05) is 12.1 Å². The van der Waals surface area contributed by atoms with Crippen LogP contribution in [-0.4, -0.2) is 50.4 Å². The molecule has 0 atom stereocenters. The Morgan fingerprint density at radius 3 is 2.52 bits per heavy atom. The molecule has 0 saturated heterocycles. The molecule has 0 aliphatic rings. The Kier molecular flexibility index (Phi) is 7.36. The second kappa shape index (κ2) is 9.93. The Balaban J connectivity index is 2.06. The van der Waals surface area contributed by atoms with Crippen LogP contribution in [0.4, 0.5) is 5.69 Å². The first kappa shape index (κ1) is 21.5. The van der Waals surface area contributed by atoms with E-state index in [2.05, 4.69) is 5.32 Å². The highest BCUT2D eigenvalue weighted by molar-refractivity contribution is 6.03. The molecule has 3 N–H and O–H groups in total. The van der Waals surface area contributed by atoms with Crippen LogP contribution in [-0.2, 0) is 9.59 Å². The lowest BCUT2D eigenvalue weighted by atomic mass is 10.1. The molecule has 0 spiro atoms. The lowest BCUT2D eigenvalue weighted by Gasteiger charge is -2.11. The van der Waals surface area contributed by atoms with Gasteiger partial charge in [0.05, 0.1) is 7.11 Å². The average Bonchev–Trinajstić information content (AvgIpc) is 2.70. The van der Waals surface area contributed by atoms with Crippen LogP contribution in [0.2, 0.25) is 0 Å². The third-order valence-electron chi connectivity index (χ3n) is 3.77. The number of methoxy groups -OCH3 is 1. The zero-order valence-electron chi connectivity index (χ0n) is 16.5. The van der Waals surface area contributed by atoms with Crippen LogP contribution in [0, 0.1) is 0 Å². The molecule has 2 rings (SSSR count). The summed E-state index contributed by atoms with van der Waals surface area (Å²) in [6, 6.07) is 11.7. The van der Waals surface area contributed by atoms with Crippen LogP contribution >= 0.6 is 0 Å².